The zero-order valence-corrected chi connectivity index (χ0v) is 14.7. The molecule has 0 saturated heterocycles. The number of rotatable bonds is 11. The maximum absolute atomic E-state index is 10.5. The minimum absolute atomic E-state index is 0.208. The van der Waals surface area contributed by atoms with E-state index in [0.29, 0.717) is 13.2 Å². The summed E-state index contributed by atoms with van der Waals surface area (Å²) in [4.78, 5) is 10.5. The highest BCUT2D eigenvalue weighted by atomic mass is 35.6. The van der Waals surface area contributed by atoms with Crippen LogP contribution in [-0.4, -0.2) is 28.9 Å². The number of halogens is 3. The second-order valence-corrected chi connectivity index (χ2v) is 7.13. The van der Waals surface area contributed by atoms with Crippen molar-refractivity contribution in [2.24, 2.45) is 0 Å². The van der Waals surface area contributed by atoms with Gasteiger partial charge in [0.2, 0.25) is 5.90 Å². The van der Waals surface area contributed by atoms with Crippen LogP contribution in [0, 0.1) is 5.41 Å². The van der Waals surface area contributed by atoms with E-state index < -0.39 is 3.79 Å². The molecule has 0 unspecified atom stereocenters. The monoisotopic (exact) mass is 359 g/mol. The molecule has 0 atom stereocenters. The SMILES string of the molecule is CC(=O)OCCCCCCCCCCOC(=N)C(Cl)(Cl)Cl. The van der Waals surface area contributed by atoms with E-state index in [4.69, 9.17) is 49.7 Å². The molecule has 7 heteroatoms. The topological polar surface area (TPSA) is 59.4 Å². The summed E-state index contributed by atoms with van der Waals surface area (Å²) in [6.45, 7) is 2.37. The van der Waals surface area contributed by atoms with Crippen molar-refractivity contribution in [2.75, 3.05) is 13.2 Å². The number of nitrogens with one attached hydrogen (secondary N) is 1. The van der Waals surface area contributed by atoms with Gasteiger partial charge in [0.15, 0.2) is 0 Å². The Morgan fingerprint density at radius 2 is 1.24 bits per heavy atom. The molecule has 0 aliphatic rings. The quantitative estimate of drug-likeness (QED) is 0.185. The summed E-state index contributed by atoms with van der Waals surface area (Å²) < 4.78 is 8.14. The molecule has 21 heavy (non-hydrogen) atoms. The Morgan fingerprint density at radius 1 is 0.857 bits per heavy atom. The molecule has 0 aliphatic heterocycles. The van der Waals surface area contributed by atoms with Gasteiger partial charge < -0.3 is 9.47 Å². The van der Waals surface area contributed by atoms with Crippen molar-refractivity contribution < 1.29 is 14.3 Å². The Labute approximate surface area is 141 Å². The van der Waals surface area contributed by atoms with Gasteiger partial charge in [-0.05, 0) is 12.8 Å². The maximum atomic E-state index is 10.5. The van der Waals surface area contributed by atoms with Crippen molar-refractivity contribution >= 4 is 46.7 Å². The standard InChI is InChI=1S/C14H24Cl3NO3/c1-12(19)20-10-8-6-4-2-3-5-7-9-11-21-13(18)14(15,16)17/h18H,2-11H2,1H3. The normalized spacial score (nSPS) is 11.2. The van der Waals surface area contributed by atoms with Crippen LogP contribution in [0.5, 0.6) is 0 Å². The van der Waals surface area contributed by atoms with Crippen LogP contribution < -0.4 is 0 Å². The van der Waals surface area contributed by atoms with E-state index in [-0.39, 0.29) is 11.9 Å². The van der Waals surface area contributed by atoms with Gasteiger partial charge in [-0.1, -0.05) is 73.3 Å². The summed E-state index contributed by atoms with van der Waals surface area (Å²) in [5, 5.41) is 7.34. The summed E-state index contributed by atoms with van der Waals surface area (Å²) in [5.74, 6) is -0.527. The van der Waals surface area contributed by atoms with Gasteiger partial charge in [-0.25, -0.2) is 0 Å². The third-order valence-corrected chi connectivity index (χ3v) is 3.36. The van der Waals surface area contributed by atoms with E-state index in [2.05, 4.69) is 0 Å². The van der Waals surface area contributed by atoms with Crippen LogP contribution in [0.3, 0.4) is 0 Å². The summed E-state index contributed by atoms with van der Waals surface area (Å²) >= 11 is 16.5. The molecule has 0 rings (SSSR count). The smallest absolute Gasteiger partial charge is 0.302 e. The van der Waals surface area contributed by atoms with Gasteiger partial charge in [-0.3, -0.25) is 10.2 Å². The average Bonchev–Trinajstić information content (AvgIpc) is 2.38. The molecule has 0 radical (unpaired) electrons. The first-order valence-corrected chi connectivity index (χ1v) is 8.39. The van der Waals surface area contributed by atoms with Crippen molar-refractivity contribution in [1.82, 2.24) is 0 Å². The van der Waals surface area contributed by atoms with Gasteiger partial charge in [0.05, 0.1) is 13.2 Å². The fourth-order valence-corrected chi connectivity index (χ4v) is 1.90. The van der Waals surface area contributed by atoms with Crippen LogP contribution in [0.1, 0.15) is 58.3 Å². The molecule has 0 aromatic heterocycles. The molecule has 0 bridgehead atoms. The van der Waals surface area contributed by atoms with E-state index >= 15 is 0 Å². The highest BCUT2D eigenvalue weighted by molar-refractivity contribution is 6.76. The lowest BCUT2D eigenvalue weighted by atomic mass is 10.1. The van der Waals surface area contributed by atoms with E-state index in [1.807, 2.05) is 0 Å². The Kier molecular flexibility index (Phi) is 12.3. The molecule has 1 N–H and O–H groups in total. The van der Waals surface area contributed by atoms with Crippen LogP contribution in [0.4, 0.5) is 0 Å². The molecule has 0 aliphatic carbocycles. The average molecular weight is 361 g/mol. The minimum atomic E-state index is -1.76. The molecule has 0 aromatic rings. The highest BCUT2D eigenvalue weighted by Crippen LogP contribution is 2.27. The molecule has 0 saturated carbocycles. The number of hydrogen-bond acceptors (Lipinski definition) is 4. The number of hydrogen-bond donors (Lipinski definition) is 1. The van der Waals surface area contributed by atoms with E-state index in [9.17, 15) is 4.79 Å². The van der Waals surface area contributed by atoms with Crippen molar-refractivity contribution in [1.29, 1.82) is 5.41 Å². The Bertz CT molecular complexity index is 306. The van der Waals surface area contributed by atoms with Crippen LogP contribution in [-0.2, 0) is 14.3 Å². The summed E-state index contributed by atoms with van der Waals surface area (Å²) in [6.07, 6.45) is 8.59. The van der Waals surface area contributed by atoms with Gasteiger partial charge in [-0.2, -0.15) is 0 Å². The zero-order valence-electron chi connectivity index (χ0n) is 12.4. The first-order valence-electron chi connectivity index (χ1n) is 7.26. The molecule has 0 amide bonds. The lowest BCUT2D eigenvalue weighted by molar-refractivity contribution is -0.141. The summed E-state index contributed by atoms with van der Waals surface area (Å²) in [6, 6.07) is 0. The summed E-state index contributed by atoms with van der Waals surface area (Å²) in [7, 11) is 0. The van der Waals surface area contributed by atoms with Crippen LogP contribution in [0.15, 0.2) is 0 Å². The Hall–Kier alpha value is -0.190. The van der Waals surface area contributed by atoms with Gasteiger partial charge >= 0.3 is 5.97 Å². The Morgan fingerprint density at radius 3 is 1.62 bits per heavy atom. The zero-order chi connectivity index (χ0) is 16.1. The highest BCUT2D eigenvalue weighted by Gasteiger charge is 2.28. The molecule has 0 fully saturated rings. The first-order chi connectivity index (χ1) is 9.84. The van der Waals surface area contributed by atoms with Crippen LogP contribution in [0.2, 0.25) is 0 Å². The Balaban J connectivity index is 3.20. The van der Waals surface area contributed by atoms with Gasteiger partial charge in [0, 0.05) is 6.92 Å². The summed E-state index contributed by atoms with van der Waals surface area (Å²) in [5.41, 5.74) is 0. The predicted octanol–water partition coefficient (Wildman–Crippen LogP) is 5.03. The molecular weight excluding hydrogens is 337 g/mol. The lowest BCUT2D eigenvalue weighted by Crippen LogP contribution is -2.21. The van der Waals surface area contributed by atoms with Crippen molar-refractivity contribution in [3.8, 4) is 0 Å². The second-order valence-electron chi connectivity index (χ2n) is 4.84. The van der Waals surface area contributed by atoms with Crippen molar-refractivity contribution in [3.05, 3.63) is 0 Å². The molecule has 0 aromatic carbocycles. The molecule has 4 nitrogen and oxygen atoms in total. The fourth-order valence-electron chi connectivity index (χ4n) is 1.74. The maximum Gasteiger partial charge on any atom is 0.302 e. The van der Waals surface area contributed by atoms with Crippen molar-refractivity contribution in [2.45, 2.75) is 62.1 Å². The van der Waals surface area contributed by atoms with Gasteiger partial charge in [0.25, 0.3) is 3.79 Å². The molecular formula is C14H24Cl3NO3. The van der Waals surface area contributed by atoms with E-state index in [1.54, 1.807) is 0 Å². The largest absolute Gasteiger partial charge is 0.478 e. The lowest BCUT2D eigenvalue weighted by Gasteiger charge is -2.13. The fraction of sp³-hybridized carbons (Fsp3) is 0.857. The van der Waals surface area contributed by atoms with Crippen molar-refractivity contribution in [3.63, 3.8) is 0 Å². The third kappa shape index (κ3) is 14.5. The first kappa shape index (κ1) is 20.8. The number of alkyl halides is 3. The second kappa shape index (κ2) is 12.4. The van der Waals surface area contributed by atoms with Crippen LogP contribution >= 0.6 is 34.8 Å². The van der Waals surface area contributed by atoms with Gasteiger partial charge in [-0.15, -0.1) is 0 Å². The third-order valence-electron chi connectivity index (χ3n) is 2.85. The van der Waals surface area contributed by atoms with Gasteiger partial charge in [0.1, 0.15) is 0 Å². The number of esters is 1. The molecule has 0 spiro atoms. The number of carbonyl (C=O) groups is 1. The van der Waals surface area contributed by atoms with E-state index in [0.717, 1.165) is 38.5 Å². The molecule has 124 valence electrons. The molecule has 0 heterocycles. The minimum Gasteiger partial charge on any atom is -0.478 e. The number of carbonyl (C=O) groups excluding carboxylic acids is 1. The van der Waals surface area contributed by atoms with E-state index in [1.165, 1.54) is 19.8 Å². The number of unbranched alkanes of at least 4 members (excludes halogenated alkanes) is 7. The van der Waals surface area contributed by atoms with Crippen LogP contribution in [0.25, 0.3) is 0 Å². The number of ether oxygens (including phenoxy) is 2. The predicted molar refractivity (Wildman–Crippen MR) is 87.5 cm³/mol.